The molecule has 0 radical (unpaired) electrons. The van der Waals surface area contributed by atoms with E-state index in [9.17, 15) is 22.4 Å². The molecule has 11 heteroatoms. The van der Waals surface area contributed by atoms with Crippen molar-refractivity contribution in [2.24, 2.45) is 27.8 Å². The number of piperidine rings is 1. The Morgan fingerprint density at radius 1 is 1.20 bits per heavy atom. The number of hydrogen-bond acceptors (Lipinski definition) is 6. The molecule has 0 aromatic carbocycles. The van der Waals surface area contributed by atoms with Crippen LogP contribution in [0.5, 0.6) is 0 Å². The zero-order valence-corrected chi connectivity index (χ0v) is 16.7. The van der Waals surface area contributed by atoms with Gasteiger partial charge in [-0.05, 0) is 18.8 Å². The number of amides is 1. The number of alkyl halides is 4. The Balaban J connectivity index is 1.38. The van der Waals surface area contributed by atoms with Gasteiger partial charge >= 0.3 is 6.61 Å². The number of rotatable bonds is 6. The summed E-state index contributed by atoms with van der Waals surface area (Å²) in [6, 6.07) is -0.364. The lowest BCUT2D eigenvalue weighted by Crippen LogP contribution is -2.55. The van der Waals surface area contributed by atoms with E-state index in [1.165, 1.54) is 5.01 Å². The first kappa shape index (κ1) is 21.5. The van der Waals surface area contributed by atoms with Crippen LogP contribution in [0.2, 0.25) is 0 Å². The molecule has 1 amide bonds. The highest BCUT2D eigenvalue weighted by Gasteiger charge is 2.50. The average Bonchev–Trinajstić information content (AvgIpc) is 3.25. The van der Waals surface area contributed by atoms with Crippen molar-refractivity contribution < 1.29 is 27.1 Å². The fourth-order valence-electron chi connectivity index (χ4n) is 5.27. The number of halogens is 4. The summed E-state index contributed by atoms with van der Waals surface area (Å²) in [5.41, 5.74) is 0. The lowest BCUT2D eigenvalue weighted by molar-refractivity contribution is -0.164. The third-order valence-corrected chi connectivity index (χ3v) is 6.56. The number of carbonyl (C=O) groups is 1. The molecule has 0 aromatic heterocycles. The fraction of sp³-hybridized carbons (Fsp3) is 0.842. The van der Waals surface area contributed by atoms with Crippen LogP contribution >= 0.6 is 0 Å². The van der Waals surface area contributed by atoms with Crippen molar-refractivity contribution >= 4 is 18.3 Å². The first-order valence-corrected chi connectivity index (χ1v) is 10.4. The number of hydrazone groups is 1. The Hall–Kier alpha value is -1.75. The van der Waals surface area contributed by atoms with Crippen molar-refractivity contribution in [3.05, 3.63) is 0 Å². The monoisotopic (exact) mass is 433 g/mol. The molecule has 4 aliphatic rings. The van der Waals surface area contributed by atoms with Gasteiger partial charge in [-0.25, -0.2) is 8.78 Å². The van der Waals surface area contributed by atoms with E-state index in [0.29, 0.717) is 13.0 Å². The normalized spacial score (nSPS) is 38.9. The van der Waals surface area contributed by atoms with Crippen LogP contribution in [-0.2, 0) is 9.53 Å². The number of hydrogen-bond donors (Lipinski definition) is 1. The number of likely N-dealkylation sites (tertiary alicyclic amines) is 1. The molecule has 0 bridgehead atoms. The van der Waals surface area contributed by atoms with E-state index in [1.807, 2.05) is 13.1 Å². The molecule has 0 aliphatic carbocycles. The first-order chi connectivity index (χ1) is 14.3. The van der Waals surface area contributed by atoms with Crippen LogP contribution < -0.4 is 5.32 Å². The van der Waals surface area contributed by atoms with Crippen LogP contribution in [0.3, 0.4) is 0 Å². The number of fused-ring (bicyclic) bond motifs is 1. The molecule has 4 rings (SSSR count). The Morgan fingerprint density at radius 2 is 2.00 bits per heavy atom. The summed E-state index contributed by atoms with van der Waals surface area (Å²) >= 11 is 0. The van der Waals surface area contributed by atoms with E-state index < -0.39 is 25.7 Å². The predicted octanol–water partition coefficient (Wildman–Crippen LogP) is 1.44. The third-order valence-electron chi connectivity index (χ3n) is 6.56. The van der Waals surface area contributed by atoms with Gasteiger partial charge < -0.3 is 15.0 Å². The molecule has 7 nitrogen and oxygen atoms in total. The lowest BCUT2D eigenvalue weighted by atomic mass is 9.76. The summed E-state index contributed by atoms with van der Waals surface area (Å²) in [4.78, 5) is 19.0. The minimum atomic E-state index is -2.81. The summed E-state index contributed by atoms with van der Waals surface area (Å²) in [5.74, 6) is -0.0962. The van der Waals surface area contributed by atoms with Gasteiger partial charge in [0, 0.05) is 37.0 Å². The highest BCUT2D eigenvalue weighted by molar-refractivity contribution is 5.86. The molecule has 30 heavy (non-hydrogen) atoms. The fourth-order valence-corrected chi connectivity index (χ4v) is 5.27. The SMILES string of the molecule is CC1CC(C2C=NCC(OC(F)F)C2)NC2CN(C3C=NN(CC(F)F)C3)C(=O)C12. The molecule has 7 unspecified atom stereocenters. The molecule has 4 aliphatic heterocycles. The quantitative estimate of drug-likeness (QED) is 0.644. The minimum absolute atomic E-state index is 0.0185. The highest BCUT2D eigenvalue weighted by Crippen LogP contribution is 2.37. The molecule has 0 aromatic rings. The number of ether oxygens (including phenoxy) is 1. The van der Waals surface area contributed by atoms with Gasteiger partial charge in [0.15, 0.2) is 0 Å². The molecule has 7 atom stereocenters. The summed E-state index contributed by atoms with van der Waals surface area (Å²) in [6.45, 7) is -0.241. The van der Waals surface area contributed by atoms with Gasteiger partial charge in [-0.3, -0.25) is 14.8 Å². The van der Waals surface area contributed by atoms with Gasteiger partial charge in [-0.2, -0.15) is 13.9 Å². The van der Waals surface area contributed by atoms with Gasteiger partial charge in [0.05, 0.1) is 37.7 Å². The van der Waals surface area contributed by atoms with Crippen LogP contribution in [0, 0.1) is 17.8 Å². The Morgan fingerprint density at radius 3 is 2.73 bits per heavy atom. The molecule has 0 saturated carbocycles. The second-order valence-corrected chi connectivity index (χ2v) is 8.64. The summed E-state index contributed by atoms with van der Waals surface area (Å²) < 4.78 is 55.0. The molecular weight excluding hydrogens is 406 g/mol. The van der Waals surface area contributed by atoms with Gasteiger partial charge in [-0.15, -0.1) is 0 Å². The van der Waals surface area contributed by atoms with E-state index >= 15 is 0 Å². The first-order valence-electron chi connectivity index (χ1n) is 10.4. The van der Waals surface area contributed by atoms with Crippen LogP contribution in [0.25, 0.3) is 0 Å². The minimum Gasteiger partial charge on any atom is -0.331 e. The van der Waals surface area contributed by atoms with Crippen LogP contribution in [0.15, 0.2) is 10.1 Å². The van der Waals surface area contributed by atoms with Crippen molar-refractivity contribution in [3.63, 3.8) is 0 Å². The third kappa shape index (κ3) is 4.46. The van der Waals surface area contributed by atoms with Gasteiger partial charge in [0.25, 0.3) is 6.43 Å². The lowest BCUT2D eigenvalue weighted by Gasteiger charge is -2.40. The highest BCUT2D eigenvalue weighted by atomic mass is 19.3. The zero-order chi connectivity index (χ0) is 21.4. The largest absolute Gasteiger partial charge is 0.345 e. The van der Waals surface area contributed by atoms with E-state index in [4.69, 9.17) is 0 Å². The van der Waals surface area contributed by atoms with E-state index in [0.717, 1.165) is 6.42 Å². The second kappa shape index (κ2) is 8.78. The molecule has 0 spiro atoms. The Bertz CT molecular complexity index is 694. The van der Waals surface area contributed by atoms with E-state index in [1.54, 1.807) is 11.1 Å². The smallest absolute Gasteiger partial charge is 0.331 e. The van der Waals surface area contributed by atoms with Crippen molar-refractivity contribution in [2.45, 2.75) is 57.0 Å². The maximum atomic E-state index is 13.1. The summed E-state index contributed by atoms with van der Waals surface area (Å²) in [6.07, 6.45) is 1.50. The van der Waals surface area contributed by atoms with E-state index in [2.05, 4.69) is 20.1 Å². The summed E-state index contributed by atoms with van der Waals surface area (Å²) in [7, 11) is 0. The zero-order valence-electron chi connectivity index (χ0n) is 16.7. The topological polar surface area (TPSA) is 69.5 Å². The average molecular weight is 433 g/mol. The van der Waals surface area contributed by atoms with Crippen LogP contribution in [-0.4, -0.2) is 91.7 Å². The number of aliphatic imine (C=N–C) groups is 1. The van der Waals surface area contributed by atoms with Crippen molar-refractivity contribution in [2.75, 3.05) is 26.2 Å². The Labute approximate surface area is 172 Å². The van der Waals surface area contributed by atoms with Crippen LogP contribution in [0.1, 0.15) is 19.8 Å². The maximum absolute atomic E-state index is 13.1. The van der Waals surface area contributed by atoms with Crippen LogP contribution in [0.4, 0.5) is 17.6 Å². The van der Waals surface area contributed by atoms with Gasteiger partial charge in [-0.1, -0.05) is 6.92 Å². The number of carbonyl (C=O) groups excluding carboxylic acids is 1. The summed E-state index contributed by atoms with van der Waals surface area (Å²) in [5, 5.41) is 8.85. The van der Waals surface area contributed by atoms with Gasteiger partial charge in [0.2, 0.25) is 5.91 Å². The molecule has 1 N–H and O–H groups in total. The molecular formula is C19H27F4N5O2. The molecule has 168 valence electrons. The molecule has 4 heterocycles. The molecule has 2 fully saturated rings. The predicted molar refractivity (Wildman–Crippen MR) is 102 cm³/mol. The van der Waals surface area contributed by atoms with E-state index in [-0.39, 0.29) is 54.9 Å². The molecule has 2 saturated heterocycles. The standard InChI is InChI=1S/C19H27F4N5O2/c1-10-2-14(11-3-13(6-24-4-11)30-19(22)23)26-15-8-28(18(29)17(10)15)12-5-25-27(7-12)9-16(20)21/h4-5,10-17,19,26H,2-3,6-9H2,1H3. The number of nitrogens with zero attached hydrogens (tertiary/aromatic N) is 4. The second-order valence-electron chi connectivity index (χ2n) is 8.64. The van der Waals surface area contributed by atoms with Gasteiger partial charge in [0.1, 0.15) is 0 Å². The Kier molecular flexibility index (Phi) is 6.29. The van der Waals surface area contributed by atoms with Crippen molar-refractivity contribution in [1.29, 1.82) is 0 Å². The maximum Gasteiger partial charge on any atom is 0.345 e. The number of nitrogens with one attached hydrogen (secondary N) is 1. The van der Waals surface area contributed by atoms with Crippen molar-refractivity contribution in [3.8, 4) is 0 Å². The van der Waals surface area contributed by atoms with Crippen molar-refractivity contribution in [1.82, 2.24) is 15.2 Å².